The molecule has 0 aromatic heterocycles. The van der Waals surface area contributed by atoms with E-state index in [1.54, 1.807) is 13.2 Å². The fourth-order valence-corrected chi connectivity index (χ4v) is 2.57. The van der Waals surface area contributed by atoms with Gasteiger partial charge in [-0.2, -0.15) is 0 Å². The van der Waals surface area contributed by atoms with Crippen LogP contribution in [0, 0.1) is 6.92 Å². The summed E-state index contributed by atoms with van der Waals surface area (Å²) >= 11 is 6.28. The van der Waals surface area contributed by atoms with E-state index >= 15 is 0 Å². The number of rotatable bonds is 4. The van der Waals surface area contributed by atoms with Gasteiger partial charge in [-0.15, -0.1) is 0 Å². The van der Waals surface area contributed by atoms with Crippen LogP contribution in [-0.4, -0.2) is 7.11 Å². The van der Waals surface area contributed by atoms with Crippen molar-refractivity contribution in [3.8, 4) is 17.2 Å². The number of nitrogens with two attached hydrogens (primary N) is 1. The van der Waals surface area contributed by atoms with Gasteiger partial charge in [-0.05, 0) is 48.2 Å². The first kappa shape index (κ1) is 15.5. The zero-order chi connectivity index (χ0) is 15.6. The van der Waals surface area contributed by atoms with Gasteiger partial charge >= 0.3 is 0 Å². The molecule has 0 unspecified atom stereocenters. The average Bonchev–Trinajstić information content (AvgIpc) is 2.43. The Bertz CT molecular complexity index is 653. The lowest BCUT2D eigenvalue weighted by Crippen LogP contribution is -1.98. The summed E-state index contributed by atoms with van der Waals surface area (Å²) < 4.78 is 11.2. The molecule has 0 fully saturated rings. The van der Waals surface area contributed by atoms with Crippen LogP contribution in [-0.2, 0) is 0 Å². The number of methoxy groups -OCH3 is 1. The first-order valence-corrected chi connectivity index (χ1v) is 7.22. The second kappa shape index (κ2) is 6.27. The van der Waals surface area contributed by atoms with Gasteiger partial charge in [0.05, 0.1) is 7.11 Å². The molecule has 2 N–H and O–H groups in total. The minimum atomic E-state index is 0.322. The molecule has 0 aliphatic carbocycles. The summed E-state index contributed by atoms with van der Waals surface area (Å²) in [6.45, 7) is 6.15. The Morgan fingerprint density at radius 2 is 1.76 bits per heavy atom. The fraction of sp³-hybridized carbons (Fsp3) is 0.294. The molecule has 0 atom stereocenters. The molecule has 112 valence electrons. The van der Waals surface area contributed by atoms with E-state index in [1.807, 2.05) is 31.2 Å². The lowest BCUT2D eigenvalue weighted by atomic mass is 10.0. The zero-order valence-electron chi connectivity index (χ0n) is 12.7. The summed E-state index contributed by atoms with van der Waals surface area (Å²) in [6, 6.07) is 9.36. The highest BCUT2D eigenvalue weighted by Crippen LogP contribution is 2.38. The van der Waals surface area contributed by atoms with Crippen molar-refractivity contribution in [2.75, 3.05) is 12.8 Å². The van der Waals surface area contributed by atoms with Gasteiger partial charge in [0, 0.05) is 5.02 Å². The normalized spacial score (nSPS) is 10.8. The third-order valence-electron chi connectivity index (χ3n) is 3.38. The summed E-state index contributed by atoms with van der Waals surface area (Å²) in [5.74, 6) is 2.25. The number of para-hydroxylation sites is 1. The molecule has 0 heterocycles. The van der Waals surface area contributed by atoms with Crippen molar-refractivity contribution in [3.63, 3.8) is 0 Å². The number of nitrogen functional groups attached to an aromatic ring is 1. The Morgan fingerprint density at radius 3 is 2.38 bits per heavy atom. The van der Waals surface area contributed by atoms with Crippen LogP contribution in [0.1, 0.15) is 30.9 Å². The second-order valence-corrected chi connectivity index (χ2v) is 5.68. The number of halogens is 1. The van der Waals surface area contributed by atoms with E-state index in [-0.39, 0.29) is 0 Å². The zero-order valence-corrected chi connectivity index (χ0v) is 13.5. The first-order chi connectivity index (χ1) is 9.93. The molecule has 2 rings (SSSR count). The van der Waals surface area contributed by atoms with Gasteiger partial charge in [0.1, 0.15) is 17.2 Å². The largest absolute Gasteiger partial charge is 0.494 e. The van der Waals surface area contributed by atoms with Crippen LogP contribution in [0.4, 0.5) is 5.69 Å². The summed E-state index contributed by atoms with van der Waals surface area (Å²) in [6.07, 6.45) is 0. The molecular weight excluding hydrogens is 286 g/mol. The van der Waals surface area contributed by atoms with E-state index in [1.165, 1.54) is 0 Å². The van der Waals surface area contributed by atoms with E-state index < -0.39 is 0 Å². The quantitative estimate of drug-likeness (QED) is 0.794. The van der Waals surface area contributed by atoms with Gasteiger partial charge in [-0.3, -0.25) is 0 Å². The van der Waals surface area contributed by atoms with Crippen molar-refractivity contribution >= 4 is 17.3 Å². The van der Waals surface area contributed by atoms with Crippen molar-refractivity contribution in [1.82, 2.24) is 0 Å². The van der Waals surface area contributed by atoms with Gasteiger partial charge in [-0.1, -0.05) is 31.5 Å². The Kier molecular flexibility index (Phi) is 4.63. The van der Waals surface area contributed by atoms with Gasteiger partial charge in [0.2, 0.25) is 0 Å². The molecule has 0 amide bonds. The van der Waals surface area contributed by atoms with Crippen molar-refractivity contribution in [2.45, 2.75) is 26.7 Å². The van der Waals surface area contributed by atoms with E-state index in [0.29, 0.717) is 23.1 Å². The van der Waals surface area contributed by atoms with E-state index in [4.69, 9.17) is 26.8 Å². The molecule has 0 aliphatic heterocycles. The molecule has 4 heteroatoms. The lowest BCUT2D eigenvalue weighted by Gasteiger charge is -2.16. The van der Waals surface area contributed by atoms with Crippen LogP contribution in [0.15, 0.2) is 30.3 Å². The van der Waals surface area contributed by atoms with Gasteiger partial charge in [0.25, 0.3) is 0 Å². The smallest absolute Gasteiger partial charge is 0.154 e. The molecule has 2 aromatic rings. The second-order valence-electron chi connectivity index (χ2n) is 5.27. The van der Waals surface area contributed by atoms with Crippen LogP contribution in [0.5, 0.6) is 17.2 Å². The van der Waals surface area contributed by atoms with E-state index in [2.05, 4.69) is 13.8 Å². The van der Waals surface area contributed by atoms with Crippen LogP contribution in [0.3, 0.4) is 0 Å². The fourth-order valence-electron chi connectivity index (χ4n) is 2.13. The summed E-state index contributed by atoms with van der Waals surface area (Å²) in [7, 11) is 1.58. The molecule has 0 spiro atoms. The SMILES string of the molecule is COc1cccc(Oc2cc(C(C)C)c(Cl)cc2C)c1N. The maximum absolute atomic E-state index is 6.28. The minimum absolute atomic E-state index is 0.322. The minimum Gasteiger partial charge on any atom is -0.494 e. The van der Waals surface area contributed by atoms with E-state index in [0.717, 1.165) is 21.9 Å². The Hall–Kier alpha value is -1.87. The summed E-state index contributed by atoms with van der Waals surface area (Å²) in [4.78, 5) is 0. The van der Waals surface area contributed by atoms with Crippen molar-refractivity contribution in [2.24, 2.45) is 0 Å². The number of aryl methyl sites for hydroxylation is 1. The number of hydrogen-bond acceptors (Lipinski definition) is 3. The topological polar surface area (TPSA) is 44.5 Å². The predicted molar refractivity (Wildman–Crippen MR) is 87.8 cm³/mol. The van der Waals surface area contributed by atoms with Crippen LogP contribution < -0.4 is 15.2 Å². The van der Waals surface area contributed by atoms with Crippen molar-refractivity contribution in [1.29, 1.82) is 0 Å². The Morgan fingerprint density at radius 1 is 1.10 bits per heavy atom. The third kappa shape index (κ3) is 3.24. The molecule has 0 radical (unpaired) electrons. The number of hydrogen-bond donors (Lipinski definition) is 1. The molecule has 3 nitrogen and oxygen atoms in total. The summed E-state index contributed by atoms with van der Waals surface area (Å²) in [5, 5.41) is 0.758. The Labute approximate surface area is 130 Å². The van der Waals surface area contributed by atoms with Gasteiger partial charge < -0.3 is 15.2 Å². The third-order valence-corrected chi connectivity index (χ3v) is 3.71. The molecule has 0 saturated carbocycles. The highest BCUT2D eigenvalue weighted by atomic mass is 35.5. The number of benzene rings is 2. The molecular formula is C17H20ClNO2. The van der Waals surface area contributed by atoms with E-state index in [9.17, 15) is 0 Å². The predicted octanol–water partition coefficient (Wildman–Crippen LogP) is 5.15. The van der Waals surface area contributed by atoms with Gasteiger partial charge in [-0.25, -0.2) is 0 Å². The van der Waals surface area contributed by atoms with Gasteiger partial charge in [0.15, 0.2) is 5.75 Å². The van der Waals surface area contributed by atoms with Crippen LogP contribution in [0.25, 0.3) is 0 Å². The lowest BCUT2D eigenvalue weighted by molar-refractivity contribution is 0.412. The number of ether oxygens (including phenoxy) is 2. The maximum atomic E-state index is 6.28. The molecule has 21 heavy (non-hydrogen) atoms. The van der Waals surface area contributed by atoms with Crippen molar-refractivity contribution < 1.29 is 9.47 Å². The van der Waals surface area contributed by atoms with Crippen LogP contribution in [0.2, 0.25) is 5.02 Å². The molecule has 2 aromatic carbocycles. The highest BCUT2D eigenvalue weighted by molar-refractivity contribution is 6.31. The standard InChI is InChI=1S/C17H20ClNO2/c1-10(2)12-9-16(11(3)8-13(12)18)21-15-7-5-6-14(20-4)17(15)19/h5-10H,19H2,1-4H3. The highest BCUT2D eigenvalue weighted by Gasteiger charge is 2.13. The maximum Gasteiger partial charge on any atom is 0.154 e. The number of anilines is 1. The monoisotopic (exact) mass is 305 g/mol. The molecule has 0 bridgehead atoms. The van der Waals surface area contributed by atoms with Crippen molar-refractivity contribution in [3.05, 3.63) is 46.5 Å². The first-order valence-electron chi connectivity index (χ1n) is 6.84. The Balaban J connectivity index is 2.42. The average molecular weight is 306 g/mol. The molecule has 0 saturated heterocycles. The summed E-state index contributed by atoms with van der Waals surface area (Å²) in [5.41, 5.74) is 8.55. The molecule has 0 aliphatic rings. The van der Waals surface area contributed by atoms with Crippen LogP contribution >= 0.6 is 11.6 Å².